The van der Waals surface area contributed by atoms with E-state index >= 15 is 0 Å². The number of hydrogen-bond donors (Lipinski definition) is 1. The highest BCUT2D eigenvalue weighted by molar-refractivity contribution is 7.99. The molecule has 3 nitrogen and oxygen atoms in total. The van der Waals surface area contributed by atoms with Crippen molar-refractivity contribution in [1.29, 1.82) is 0 Å². The summed E-state index contributed by atoms with van der Waals surface area (Å²) < 4.78 is 11.5. The summed E-state index contributed by atoms with van der Waals surface area (Å²) in [5.41, 5.74) is 0.869. The van der Waals surface area contributed by atoms with Gasteiger partial charge in [-0.25, -0.2) is 0 Å². The molecule has 1 heterocycles. The number of ether oxygens (including phenoxy) is 2. The molecule has 0 bridgehead atoms. The first kappa shape index (κ1) is 17.3. The van der Waals surface area contributed by atoms with Crippen molar-refractivity contribution in [2.75, 3.05) is 18.6 Å². The van der Waals surface area contributed by atoms with Gasteiger partial charge in [-0.15, -0.1) is 0 Å². The molecular weight excluding hydrogens is 320 g/mol. The van der Waals surface area contributed by atoms with Crippen LogP contribution >= 0.6 is 11.8 Å². The smallest absolute Gasteiger partial charge is 0.122 e. The molecule has 2 aromatic carbocycles. The second kappa shape index (κ2) is 7.60. The third kappa shape index (κ3) is 3.46. The van der Waals surface area contributed by atoms with Gasteiger partial charge in [0.15, 0.2) is 0 Å². The Hall–Kier alpha value is -1.49. The van der Waals surface area contributed by atoms with Crippen LogP contribution in [-0.4, -0.2) is 29.8 Å². The largest absolute Gasteiger partial charge is 0.497 e. The minimum absolute atomic E-state index is 0.0484. The summed E-state index contributed by atoms with van der Waals surface area (Å²) in [6, 6.07) is 17.7. The van der Waals surface area contributed by atoms with Crippen molar-refractivity contribution >= 4 is 11.8 Å². The van der Waals surface area contributed by atoms with Gasteiger partial charge in [-0.2, -0.15) is 11.8 Å². The lowest BCUT2D eigenvalue weighted by atomic mass is 9.83. The lowest BCUT2D eigenvalue weighted by Crippen LogP contribution is -2.29. The Balaban J connectivity index is 1.93. The first-order valence-corrected chi connectivity index (χ1v) is 9.48. The predicted octanol–water partition coefficient (Wildman–Crippen LogP) is 4.17. The van der Waals surface area contributed by atoms with Crippen LogP contribution in [0, 0.1) is 0 Å². The number of rotatable bonds is 6. The first-order chi connectivity index (χ1) is 11.7. The van der Waals surface area contributed by atoms with Gasteiger partial charge >= 0.3 is 0 Å². The molecule has 1 aliphatic rings. The van der Waals surface area contributed by atoms with E-state index in [1.807, 2.05) is 66.4 Å². The molecule has 0 aliphatic carbocycles. The predicted molar refractivity (Wildman–Crippen MR) is 98.6 cm³/mol. The fraction of sp³-hybridized carbons (Fsp3) is 0.400. The Bertz CT molecular complexity index is 644. The maximum atomic E-state index is 11.5. The van der Waals surface area contributed by atoms with Gasteiger partial charge in [-0.05, 0) is 29.0 Å². The molecular formula is C20H24O3S. The van der Waals surface area contributed by atoms with E-state index in [1.54, 1.807) is 7.11 Å². The molecule has 0 aromatic heterocycles. The van der Waals surface area contributed by atoms with Crippen molar-refractivity contribution in [2.45, 2.75) is 31.2 Å². The van der Waals surface area contributed by atoms with Crippen LogP contribution < -0.4 is 4.74 Å². The van der Waals surface area contributed by atoms with E-state index < -0.39 is 5.60 Å². The number of methoxy groups -OCH3 is 1. The third-order valence-corrected chi connectivity index (χ3v) is 5.52. The van der Waals surface area contributed by atoms with Crippen LogP contribution in [0.15, 0.2) is 54.6 Å². The van der Waals surface area contributed by atoms with Crippen molar-refractivity contribution in [1.82, 2.24) is 0 Å². The van der Waals surface area contributed by atoms with E-state index in [-0.39, 0.29) is 12.2 Å². The van der Waals surface area contributed by atoms with Crippen molar-refractivity contribution in [3.8, 4) is 5.75 Å². The Morgan fingerprint density at radius 2 is 1.88 bits per heavy atom. The Labute approximate surface area is 148 Å². The molecule has 0 spiro atoms. The summed E-state index contributed by atoms with van der Waals surface area (Å²) in [5.74, 6) is 2.74. The van der Waals surface area contributed by atoms with Crippen LogP contribution in [0.3, 0.4) is 0 Å². The van der Waals surface area contributed by atoms with E-state index in [0.717, 1.165) is 28.4 Å². The summed E-state index contributed by atoms with van der Waals surface area (Å²) in [5, 5.41) is 11.5. The normalized spacial score (nSPS) is 26.5. The molecule has 4 heteroatoms. The molecule has 128 valence electrons. The van der Waals surface area contributed by atoms with Gasteiger partial charge < -0.3 is 14.6 Å². The van der Waals surface area contributed by atoms with E-state index in [4.69, 9.17) is 9.47 Å². The zero-order valence-electron chi connectivity index (χ0n) is 14.1. The minimum atomic E-state index is -1.02. The minimum Gasteiger partial charge on any atom is -0.497 e. The highest BCUT2D eigenvalue weighted by Gasteiger charge is 2.49. The second-order valence-electron chi connectivity index (χ2n) is 6.07. The van der Waals surface area contributed by atoms with Gasteiger partial charge in [0, 0.05) is 12.2 Å². The van der Waals surface area contributed by atoms with Crippen molar-refractivity contribution in [3.05, 3.63) is 65.7 Å². The van der Waals surface area contributed by atoms with Crippen LogP contribution in [0.5, 0.6) is 5.75 Å². The summed E-state index contributed by atoms with van der Waals surface area (Å²) in [6.45, 7) is 2.14. The molecule has 0 unspecified atom stereocenters. The number of hydrogen-bond acceptors (Lipinski definition) is 4. The van der Waals surface area contributed by atoms with Gasteiger partial charge in [0.25, 0.3) is 0 Å². The average Bonchev–Trinajstić information content (AvgIpc) is 2.98. The van der Waals surface area contributed by atoms with Crippen molar-refractivity contribution in [2.24, 2.45) is 0 Å². The first-order valence-electron chi connectivity index (χ1n) is 8.32. The number of aliphatic hydroxyl groups is 1. The molecule has 1 N–H and O–H groups in total. The summed E-state index contributed by atoms with van der Waals surface area (Å²) >= 11 is 1.85. The molecule has 24 heavy (non-hydrogen) atoms. The quantitative estimate of drug-likeness (QED) is 0.854. The maximum absolute atomic E-state index is 11.5. The van der Waals surface area contributed by atoms with Crippen molar-refractivity contribution < 1.29 is 14.6 Å². The zero-order valence-corrected chi connectivity index (χ0v) is 15.0. The molecule has 1 fully saturated rings. The number of thioether (sulfide) groups is 1. The van der Waals surface area contributed by atoms with E-state index in [1.165, 1.54) is 0 Å². The second-order valence-corrected chi connectivity index (χ2v) is 7.38. The van der Waals surface area contributed by atoms with Gasteiger partial charge in [0.1, 0.15) is 17.5 Å². The average molecular weight is 344 g/mol. The van der Waals surface area contributed by atoms with Crippen molar-refractivity contribution in [3.63, 3.8) is 0 Å². The van der Waals surface area contributed by atoms with E-state index in [9.17, 15) is 5.11 Å². The summed E-state index contributed by atoms with van der Waals surface area (Å²) in [7, 11) is 1.65. The van der Waals surface area contributed by atoms with Crippen LogP contribution in [0.1, 0.15) is 30.6 Å². The molecule has 2 aromatic rings. The molecule has 0 amide bonds. The molecule has 3 rings (SSSR count). The Morgan fingerprint density at radius 3 is 2.50 bits per heavy atom. The lowest BCUT2D eigenvalue weighted by Gasteiger charge is -2.29. The van der Waals surface area contributed by atoms with Crippen LogP contribution in [-0.2, 0) is 10.3 Å². The Kier molecular flexibility index (Phi) is 5.49. The Morgan fingerprint density at radius 1 is 1.17 bits per heavy atom. The molecule has 1 saturated heterocycles. The van der Waals surface area contributed by atoms with Gasteiger partial charge in [-0.3, -0.25) is 0 Å². The SMILES string of the molecule is CCSC[C@@H]1C[C@](O)(c2ccc(OC)cc2)[C@@H](c2ccccc2)O1. The summed E-state index contributed by atoms with van der Waals surface area (Å²) in [6.07, 6.45) is 0.299. The molecule has 3 atom stereocenters. The lowest BCUT2D eigenvalue weighted by molar-refractivity contribution is -0.0514. The molecule has 0 saturated carbocycles. The van der Waals surface area contributed by atoms with Gasteiger partial charge in [0.05, 0.1) is 13.2 Å². The monoisotopic (exact) mass is 344 g/mol. The van der Waals surface area contributed by atoms with Crippen LogP contribution in [0.25, 0.3) is 0 Å². The number of benzene rings is 2. The highest BCUT2D eigenvalue weighted by atomic mass is 32.2. The maximum Gasteiger partial charge on any atom is 0.122 e. The van der Waals surface area contributed by atoms with E-state index in [2.05, 4.69) is 6.92 Å². The van der Waals surface area contributed by atoms with Gasteiger partial charge in [-0.1, -0.05) is 49.4 Å². The fourth-order valence-corrected chi connectivity index (χ4v) is 3.98. The zero-order chi connectivity index (χ0) is 17.0. The van der Waals surface area contributed by atoms with Gasteiger partial charge in [0.2, 0.25) is 0 Å². The fourth-order valence-electron chi connectivity index (χ4n) is 3.29. The van der Waals surface area contributed by atoms with Crippen LogP contribution in [0.2, 0.25) is 0 Å². The standard InChI is InChI=1S/C20H24O3S/c1-3-24-14-18-13-20(21,16-9-11-17(22-2)12-10-16)19(23-18)15-7-5-4-6-8-15/h4-12,18-19,21H,3,13-14H2,1-2H3/t18-,19+,20-/m0/s1. The van der Waals surface area contributed by atoms with Crippen LogP contribution in [0.4, 0.5) is 0 Å². The topological polar surface area (TPSA) is 38.7 Å². The third-order valence-electron chi connectivity index (χ3n) is 4.50. The summed E-state index contributed by atoms with van der Waals surface area (Å²) in [4.78, 5) is 0. The molecule has 0 radical (unpaired) electrons. The molecule has 1 aliphatic heterocycles. The highest BCUT2D eigenvalue weighted by Crippen LogP contribution is 2.48. The van der Waals surface area contributed by atoms with E-state index in [0.29, 0.717) is 6.42 Å².